The number of rotatable bonds is 8. The Morgan fingerprint density at radius 3 is 2.79 bits per heavy atom. The van der Waals surface area contributed by atoms with Gasteiger partial charge in [-0.1, -0.05) is 26.0 Å². The van der Waals surface area contributed by atoms with Gasteiger partial charge < -0.3 is 15.4 Å². The zero-order valence-electron chi connectivity index (χ0n) is 17.7. The smallest absolute Gasteiger partial charge is 0.191 e. The standard InChI is InChI=1S/C21H33N7O/c1-4-23-21(25-12-20-14-27(9-10-29-20)13-17(2)3)24-11-18-5-7-19(8-6-18)28-16-22-15-26-28/h5-8,15-17,20H,4,9-14H2,1-3H3,(H2,23,24,25). The maximum absolute atomic E-state index is 5.93. The van der Waals surface area contributed by atoms with Gasteiger partial charge in [0.1, 0.15) is 12.7 Å². The molecule has 8 heteroatoms. The molecule has 1 fully saturated rings. The molecule has 1 unspecified atom stereocenters. The van der Waals surface area contributed by atoms with Gasteiger partial charge in [0.05, 0.1) is 24.9 Å². The molecule has 3 rings (SSSR count). The van der Waals surface area contributed by atoms with Crippen molar-refractivity contribution in [3.05, 3.63) is 42.5 Å². The minimum absolute atomic E-state index is 0.188. The van der Waals surface area contributed by atoms with E-state index in [1.807, 2.05) is 12.1 Å². The minimum Gasteiger partial charge on any atom is -0.374 e. The van der Waals surface area contributed by atoms with Crippen LogP contribution in [-0.4, -0.2) is 71.1 Å². The molecule has 0 spiro atoms. The largest absolute Gasteiger partial charge is 0.374 e. The van der Waals surface area contributed by atoms with Gasteiger partial charge in [-0.3, -0.25) is 4.90 Å². The van der Waals surface area contributed by atoms with E-state index in [4.69, 9.17) is 9.73 Å². The van der Waals surface area contributed by atoms with E-state index in [9.17, 15) is 0 Å². The van der Waals surface area contributed by atoms with Gasteiger partial charge in [-0.25, -0.2) is 14.7 Å². The summed E-state index contributed by atoms with van der Waals surface area (Å²) < 4.78 is 7.67. The summed E-state index contributed by atoms with van der Waals surface area (Å²) in [5.74, 6) is 1.49. The molecule has 0 amide bonds. The Morgan fingerprint density at radius 2 is 2.10 bits per heavy atom. The molecule has 1 aromatic heterocycles. The zero-order chi connectivity index (χ0) is 20.5. The van der Waals surface area contributed by atoms with Crippen LogP contribution in [0.4, 0.5) is 0 Å². The lowest BCUT2D eigenvalue weighted by Gasteiger charge is -2.34. The van der Waals surface area contributed by atoms with Gasteiger partial charge in [-0.15, -0.1) is 0 Å². The second-order valence-corrected chi connectivity index (χ2v) is 7.73. The molecule has 0 radical (unpaired) electrons. The van der Waals surface area contributed by atoms with Gasteiger partial charge in [0, 0.05) is 32.7 Å². The van der Waals surface area contributed by atoms with Crippen LogP contribution >= 0.6 is 0 Å². The average molecular weight is 400 g/mol. The molecule has 8 nitrogen and oxygen atoms in total. The lowest BCUT2D eigenvalue weighted by Crippen LogP contribution is -2.50. The van der Waals surface area contributed by atoms with E-state index in [0.29, 0.717) is 12.5 Å². The van der Waals surface area contributed by atoms with Gasteiger partial charge in [-0.2, -0.15) is 5.10 Å². The Labute approximate surface area is 173 Å². The molecule has 1 aliphatic rings. The highest BCUT2D eigenvalue weighted by Crippen LogP contribution is 2.09. The highest BCUT2D eigenvalue weighted by Gasteiger charge is 2.21. The van der Waals surface area contributed by atoms with Crippen molar-refractivity contribution in [3.63, 3.8) is 0 Å². The van der Waals surface area contributed by atoms with Crippen molar-refractivity contribution in [1.29, 1.82) is 0 Å². The van der Waals surface area contributed by atoms with Crippen LogP contribution in [0.3, 0.4) is 0 Å². The molecule has 0 aliphatic carbocycles. The third kappa shape index (κ3) is 6.83. The molecule has 2 heterocycles. The Balaban J connectivity index is 1.51. The molecule has 1 aliphatic heterocycles. The molecular formula is C21H33N7O. The van der Waals surface area contributed by atoms with Gasteiger partial charge >= 0.3 is 0 Å². The number of aliphatic imine (C=N–C) groups is 1. The number of nitrogens with one attached hydrogen (secondary N) is 2. The predicted octanol–water partition coefficient (Wildman–Crippen LogP) is 1.68. The summed E-state index contributed by atoms with van der Waals surface area (Å²) >= 11 is 0. The van der Waals surface area contributed by atoms with E-state index in [0.717, 1.165) is 56.5 Å². The number of ether oxygens (including phenoxy) is 1. The third-order valence-corrected chi connectivity index (χ3v) is 4.73. The maximum atomic E-state index is 5.93. The van der Waals surface area contributed by atoms with Gasteiger partial charge in [0.2, 0.25) is 0 Å². The Morgan fingerprint density at radius 1 is 1.28 bits per heavy atom. The molecular weight excluding hydrogens is 366 g/mol. The second kappa shape index (κ2) is 10.9. The number of aromatic nitrogens is 3. The highest BCUT2D eigenvalue weighted by molar-refractivity contribution is 5.79. The highest BCUT2D eigenvalue weighted by atomic mass is 16.5. The van der Waals surface area contributed by atoms with Crippen LogP contribution in [0, 0.1) is 5.92 Å². The Kier molecular flexibility index (Phi) is 8.01. The Hall–Kier alpha value is -2.45. The van der Waals surface area contributed by atoms with Crippen molar-refractivity contribution in [2.45, 2.75) is 33.4 Å². The summed E-state index contributed by atoms with van der Waals surface area (Å²) in [6, 6.07) is 8.19. The second-order valence-electron chi connectivity index (χ2n) is 7.73. The number of nitrogens with zero attached hydrogens (tertiary/aromatic N) is 5. The van der Waals surface area contributed by atoms with Crippen LogP contribution in [0.25, 0.3) is 5.69 Å². The van der Waals surface area contributed by atoms with Crippen molar-refractivity contribution in [2.75, 3.05) is 39.3 Å². The topological polar surface area (TPSA) is 79.6 Å². The summed E-state index contributed by atoms with van der Waals surface area (Å²) in [4.78, 5) is 11.2. The fraction of sp³-hybridized carbons (Fsp3) is 0.571. The number of guanidine groups is 1. The first-order chi connectivity index (χ1) is 14.1. The maximum Gasteiger partial charge on any atom is 0.191 e. The third-order valence-electron chi connectivity index (χ3n) is 4.73. The lowest BCUT2D eigenvalue weighted by molar-refractivity contribution is -0.0284. The molecule has 2 aromatic rings. The number of hydrogen-bond donors (Lipinski definition) is 2. The van der Waals surface area contributed by atoms with E-state index < -0.39 is 0 Å². The van der Waals surface area contributed by atoms with Gasteiger partial charge in [0.15, 0.2) is 5.96 Å². The minimum atomic E-state index is 0.188. The van der Waals surface area contributed by atoms with Crippen LogP contribution in [0.2, 0.25) is 0 Å². The summed E-state index contributed by atoms with van der Waals surface area (Å²) in [5, 5.41) is 10.9. The van der Waals surface area contributed by atoms with E-state index in [-0.39, 0.29) is 6.10 Å². The van der Waals surface area contributed by atoms with Gasteiger partial charge in [-0.05, 0) is 30.5 Å². The monoisotopic (exact) mass is 399 g/mol. The molecule has 1 atom stereocenters. The Bertz CT molecular complexity index is 743. The predicted molar refractivity (Wildman–Crippen MR) is 115 cm³/mol. The number of morpholine rings is 1. The normalized spacial score (nSPS) is 18.2. The van der Waals surface area contributed by atoms with Crippen LogP contribution in [0.1, 0.15) is 26.3 Å². The molecule has 0 saturated carbocycles. The molecule has 1 aromatic carbocycles. The van der Waals surface area contributed by atoms with Crippen LogP contribution in [0.5, 0.6) is 0 Å². The first-order valence-corrected chi connectivity index (χ1v) is 10.4. The molecule has 29 heavy (non-hydrogen) atoms. The van der Waals surface area contributed by atoms with Crippen molar-refractivity contribution < 1.29 is 4.74 Å². The zero-order valence-corrected chi connectivity index (χ0v) is 17.7. The van der Waals surface area contributed by atoms with Crippen LogP contribution < -0.4 is 10.6 Å². The van der Waals surface area contributed by atoms with Gasteiger partial charge in [0.25, 0.3) is 0 Å². The van der Waals surface area contributed by atoms with Crippen LogP contribution in [-0.2, 0) is 11.3 Å². The SMILES string of the molecule is CCNC(=NCc1ccc(-n2cncn2)cc1)NCC1CN(CC(C)C)CCO1. The average Bonchev–Trinajstić information content (AvgIpc) is 3.25. The molecule has 0 bridgehead atoms. The first kappa shape index (κ1) is 21.3. The summed E-state index contributed by atoms with van der Waals surface area (Å²) in [7, 11) is 0. The summed E-state index contributed by atoms with van der Waals surface area (Å²) in [5.41, 5.74) is 2.13. The number of hydrogen-bond acceptors (Lipinski definition) is 5. The summed E-state index contributed by atoms with van der Waals surface area (Å²) in [6.07, 6.45) is 3.41. The summed E-state index contributed by atoms with van der Waals surface area (Å²) in [6.45, 7) is 12.7. The van der Waals surface area contributed by atoms with Crippen molar-refractivity contribution in [1.82, 2.24) is 30.3 Å². The van der Waals surface area contributed by atoms with E-state index in [1.165, 1.54) is 6.33 Å². The van der Waals surface area contributed by atoms with Crippen molar-refractivity contribution in [3.8, 4) is 5.69 Å². The van der Waals surface area contributed by atoms with E-state index in [1.54, 1.807) is 11.0 Å². The first-order valence-electron chi connectivity index (χ1n) is 10.4. The van der Waals surface area contributed by atoms with Crippen molar-refractivity contribution in [2.24, 2.45) is 10.9 Å². The molecule has 1 saturated heterocycles. The molecule has 2 N–H and O–H groups in total. The van der Waals surface area contributed by atoms with Crippen LogP contribution in [0.15, 0.2) is 41.9 Å². The molecule has 158 valence electrons. The fourth-order valence-corrected chi connectivity index (χ4v) is 3.40. The van der Waals surface area contributed by atoms with E-state index in [2.05, 4.69) is 58.5 Å². The number of benzene rings is 1. The lowest BCUT2D eigenvalue weighted by atomic mass is 10.2. The quantitative estimate of drug-likeness (QED) is 0.519. The van der Waals surface area contributed by atoms with E-state index >= 15 is 0 Å². The fourth-order valence-electron chi connectivity index (χ4n) is 3.40. The van der Waals surface area contributed by atoms with Crippen molar-refractivity contribution >= 4 is 5.96 Å².